The first kappa shape index (κ1) is 15.7. The molecule has 3 rings (SSSR count). The van der Waals surface area contributed by atoms with E-state index in [4.69, 9.17) is 0 Å². The van der Waals surface area contributed by atoms with Gasteiger partial charge in [0.15, 0.2) is 0 Å². The number of carbonyl (C=O) groups is 1. The van der Waals surface area contributed by atoms with Crippen LogP contribution in [0, 0.1) is 12.8 Å². The van der Waals surface area contributed by atoms with Crippen molar-refractivity contribution in [3.05, 3.63) is 52.5 Å². The predicted octanol–water partition coefficient (Wildman–Crippen LogP) is 3.92. The number of amides is 1. The van der Waals surface area contributed by atoms with Gasteiger partial charge in [-0.05, 0) is 36.4 Å². The molecule has 3 aromatic rings. The van der Waals surface area contributed by atoms with Crippen LogP contribution in [0.4, 0.5) is 0 Å². The molecule has 120 valence electrons. The molecule has 4 nitrogen and oxygen atoms in total. The van der Waals surface area contributed by atoms with Gasteiger partial charge in [-0.2, -0.15) is 0 Å². The maximum atomic E-state index is 12.6. The molecule has 0 fully saturated rings. The molecule has 1 unspecified atom stereocenters. The smallest absolute Gasteiger partial charge is 0.240 e. The third kappa shape index (κ3) is 3.29. The molecule has 0 radical (unpaired) electrons. The molecule has 0 saturated heterocycles. The van der Waals surface area contributed by atoms with E-state index in [-0.39, 0.29) is 11.9 Å². The highest BCUT2D eigenvalue weighted by molar-refractivity contribution is 7.10. The van der Waals surface area contributed by atoms with Crippen molar-refractivity contribution in [2.45, 2.75) is 33.4 Å². The number of thiophene rings is 1. The second-order valence-electron chi connectivity index (χ2n) is 6.04. The van der Waals surface area contributed by atoms with Crippen LogP contribution in [0.25, 0.3) is 11.0 Å². The summed E-state index contributed by atoms with van der Waals surface area (Å²) in [6.45, 7) is 6.48. The zero-order valence-electron chi connectivity index (χ0n) is 13.6. The molecule has 0 bridgehead atoms. The van der Waals surface area contributed by atoms with Gasteiger partial charge in [0.25, 0.3) is 0 Å². The van der Waals surface area contributed by atoms with Crippen LogP contribution in [0.5, 0.6) is 0 Å². The van der Waals surface area contributed by atoms with Crippen LogP contribution in [-0.2, 0) is 11.3 Å². The van der Waals surface area contributed by atoms with E-state index in [1.54, 1.807) is 11.3 Å². The van der Waals surface area contributed by atoms with Crippen LogP contribution in [0.3, 0.4) is 0 Å². The number of carbonyl (C=O) groups excluding carboxylic acids is 1. The molecule has 1 amide bonds. The Morgan fingerprint density at radius 2 is 2.04 bits per heavy atom. The van der Waals surface area contributed by atoms with Crippen molar-refractivity contribution >= 4 is 28.3 Å². The first-order valence-electron chi connectivity index (χ1n) is 7.81. The van der Waals surface area contributed by atoms with E-state index in [0.29, 0.717) is 12.5 Å². The van der Waals surface area contributed by atoms with Crippen molar-refractivity contribution in [3.8, 4) is 0 Å². The molecule has 23 heavy (non-hydrogen) atoms. The lowest BCUT2D eigenvalue weighted by Gasteiger charge is -2.21. The number of hydrogen-bond acceptors (Lipinski definition) is 3. The summed E-state index contributed by atoms with van der Waals surface area (Å²) in [5.74, 6) is 1.22. The van der Waals surface area contributed by atoms with Gasteiger partial charge in [0.2, 0.25) is 5.91 Å². The minimum Gasteiger partial charge on any atom is -0.347 e. The van der Waals surface area contributed by atoms with Gasteiger partial charge >= 0.3 is 0 Å². The third-order valence-electron chi connectivity index (χ3n) is 3.98. The average molecular weight is 327 g/mol. The number of nitrogens with zero attached hydrogens (tertiary/aromatic N) is 2. The third-order valence-corrected chi connectivity index (χ3v) is 4.94. The summed E-state index contributed by atoms with van der Waals surface area (Å²) in [6.07, 6.45) is 0. The molecule has 0 aliphatic carbocycles. The monoisotopic (exact) mass is 327 g/mol. The first-order chi connectivity index (χ1) is 11.1. The number of aryl methyl sites for hydroxylation is 1. The fourth-order valence-electron chi connectivity index (χ4n) is 2.79. The number of nitrogens with one attached hydrogen (secondary N) is 1. The van der Waals surface area contributed by atoms with E-state index < -0.39 is 0 Å². The van der Waals surface area contributed by atoms with Crippen molar-refractivity contribution in [2.24, 2.45) is 5.92 Å². The van der Waals surface area contributed by atoms with E-state index in [9.17, 15) is 4.79 Å². The Hall–Kier alpha value is -2.14. The Labute approximate surface area is 140 Å². The minimum atomic E-state index is 0.0170. The van der Waals surface area contributed by atoms with Crippen molar-refractivity contribution in [2.75, 3.05) is 0 Å². The normalized spacial score (nSPS) is 12.7. The maximum absolute atomic E-state index is 12.6. The Morgan fingerprint density at radius 1 is 1.26 bits per heavy atom. The van der Waals surface area contributed by atoms with Crippen molar-refractivity contribution in [3.63, 3.8) is 0 Å². The summed E-state index contributed by atoms with van der Waals surface area (Å²) in [4.78, 5) is 18.3. The van der Waals surface area contributed by atoms with Crippen molar-refractivity contribution in [1.82, 2.24) is 14.9 Å². The van der Waals surface area contributed by atoms with Gasteiger partial charge in [0.05, 0.1) is 17.1 Å². The summed E-state index contributed by atoms with van der Waals surface area (Å²) in [5, 5.41) is 5.22. The number of fused-ring (bicyclic) bond motifs is 1. The summed E-state index contributed by atoms with van der Waals surface area (Å²) in [6, 6.07) is 12.1. The summed E-state index contributed by atoms with van der Waals surface area (Å²) in [5.41, 5.74) is 1.92. The highest BCUT2D eigenvalue weighted by atomic mass is 32.1. The molecule has 2 aromatic heterocycles. The molecule has 5 heteroatoms. The Balaban J connectivity index is 1.79. The van der Waals surface area contributed by atoms with Gasteiger partial charge in [-0.15, -0.1) is 11.3 Å². The van der Waals surface area contributed by atoms with E-state index in [0.717, 1.165) is 16.9 Å². The topological polar surface area (TPSA) is 46.9 Å². The zero-order chi connectivity index (χ0) is 16.4. The fraction of sp³-hybridized carbons (Fsp3) is 0.333. The first-order valence-corrected chi connectivity index (χ1v) is 8.69. The number of benzene rings is 1. The van der Waals surface area contributed by atoms with Crippen LogP contribution in [0.15, 0.2) is 41.8 Å². The number of aromatic nitrogens is 2. The van der Waals surface area contributed by atoms with Gasteiger partial charge in [-0.1, -0.05) is 32.0 Å². The molecule has 0 saturated carbocycles. The quantitative estimate of drug-likeness (QED) is 0.772. The number of para-hydroxylation sites is 2. The molecule has 0 aliphatic heterocycles. The molecule has 1 N–H and O–H groups in total. The van der Waals surface area contributed by atoms with Gasteiger partial charge in [0, 0.05) is 4.88 Å². The van der Waals surface area contributed by atoms with Gasteiger partial charge in [0.1, 0.15) is 12.4 Å². The maximum Gasteiger partial charge on any atom is 0.240 e. The Morgan fingerprint density at radius 3 is 2.74 bits per heavy atom. The predicted molar refractivity (Wildman–Crippen MR) is 94.5 cm³/mol. The minimum absolute atomic E-state index is 0.0170. The Kier molecular flexibility index (Phi) is 4.48. The van der Waals surface area contributed by atoms with Gasteiger partial charge in [-0.3, -0.25) is 4.79 Å². The van der Waals surface area contributed by atoms with Crippen molar-refractivity contribution < 1.29 is 4.79 Å². The van der Waals surface area contributed by atoms with E-state index in [1.807, 2.05) is 47.2 Å². The summed E-state index contributed by atoms with van der Waals surface area (Å²) >= 11 is 1.68. The largest absolute Gasteiger partial charge is 0.347 e. The van der Waals surface area contributed by atoms with E-state index in [1.165, 1.54) is 4.88 Å². The molecule has 2 heterocycles. The Bertz CT molecular complexity index is 805. The van der Waals surface area contributed by atoms with Crippen LogP contribution in [-0.4, -0.2) is 15.5 Å². The molecule has 1 atom stereocenters. The second-order valence-corrected chi connectivity index (χ2v) is 7.02. The van der Waals surface area contributed by atoms with Crippen LogP contribution in [0.1, 0.15) is 30.6 Å². The standard InChI is InChI=1S/C18H21N3OS/c1-12(2)18(16-9-6-10-23-16)20-17(22)11-21-13(3)19-14-7-4-5-8-15(14)21/h4-10,12,18H,11H2,1-3H3,(H,20,22). The zero-order valence-corrected chi connectivity index (χ0v) is 14.4. The number of rotatable bonds is 5. The summed E-state index contributed by atoms with van der Waals surface area (Å²) in [7, 11) is 0. The van der Waals surface area contributed by atoms with E-state index in [2.05, 4.69) is 30.2 Å². The lowest BCUT2D eigenvalue weighted by Crippen LogP contribution is -2.34. The van der Waals surface area contributed by atoms with Gasteiger partial charge in [-0.25, -0.2) is 4.98 Å². The van der Waals surface area contributed by atoms with Crippen LogP contribution in [0.2, 0.25) is 0 Å². The molecular formula is C18H21N3OS. The highest BCUT2D eigenvalue weighted by Crippen LogP contribution is 2.26. The van der Waals surface area contributed by atoms with Crippen molar-refractivity contribution in [1.29, 1.82) is 0 Å². The fourth-order valence-corrected chi connectivity index (χ4v) is 3.74. The number of imidazole rings is 1. The lowest BCUT2D eigenvalue weighted by atomic mass is 10.0. The molecular weight excluding hydrogens is 306 g/mol. The van der Waals surface area contributed by atoms with Crippen LogP contribution < -0.4 is 5.32 Å². The lowest BCUT2D eigenvalue weighted by molar-refractivity contribution is -0.122. The average Bonchev–Trinajstić information content (AvgIpc) is 3.14. The molecule has 1 aromatic carbocycles. The second kappa shape index (κ2) is 6.54. The SMILES string of the molecule is Cc1nc2ccccc2n1CC(=O)NC(c1cccs1)C(C)C. The summed E-state index contributed by atoms with van der Waals surface area (Å²) < 4.78 is 1.97. The van der Waals surface area contributed by atoms with E-state index >= 15 is 0 Å². The number of hydrogen-bond donors (Lipinski definition) is 1. The molecule has 0 aliphatic rings. The van der Waals surface area contributed by atoms with Crippen LogP contribution >= 0.6 is 11.3 Å². The molecule has 0 spiro atoms. The highest BCUT2D eigenvalue weighted by Gasteiger charge is 2.20. The van der Waals surface area contributed by atoms with Gasteiger partial charge < -0.3 is 9.88 Å².